The Morgan fingerprint density at radius 1 is 1.43 bits per heavy atom. The molecule has 1 amide bonds. The Balaban J connectivity index is 2.00. The minimum atomic E-state index is -0.297. The largest absolute Gasteiger partial charge is 0.431 e. The fourth-order valence-corrected chi connectivity index (χ4v) is 2.40. The van der Waals surface area contributed by atoms with Gasteiger partial charge in [0.25, 0.3) is 5.22 Å². The normalized spacial score (nSPS) is 12.1. The molecule has 2 rings (SSSR count). The van der Waals surface area contributed by atoms with Crippen LogP contribution in [-0.2, 0) is 4.79 Å². The zero-order valence-corrected chi connectivity index (χ0v) is 12.7. The molecule has 4 nitrogen and oxygen atoms in total. The molecule has 1 N–H and O–H groups in total. The second kappa shape index (κ2) is 7.26. The summed E-state index contributed by atoms with van der Waals surface area (Å²) in [6, 6.07) is 5.99. The van der Waals surface area contributed by atoms with Crippen molar-refractivity contribution in [2.75, 3.05) is 6.54 Å². The molecular formula is C15H17FN2O2S. The van der Waals surface area contributed by atoms with Crippen molar-refractivity contribution >= 4 is 17.7 Å². The van der Waals surface area contributed by atoms with Crippen LogP contribution in [0.1, 0.15) is 20.3 Å². The predicted molar refractivity (Wildman–Crippen MR) is 80.5 cm³/mol. The smallest absolute Gasteiger partial charge is 0.256 e. The fourth-order valence-electron chi connectivity index (χ4n) is 1.66. The number of nitrogens with zero attached hydrogens (tertiary/aromatic N) is 1. The highest BCUT2D eigenvalue weighted by molar-refractivity contribution is 8.00. The predicted octanol–water partition coefficient (Wildman–Crippen LogP) is 3.49. The molecule has 0 aliphatic carbocycles. The number of hydrogen-bond acceptors (Lipinski definition) is 4. The summed E-state index contributed by atoms with van der Waals surface area (Å²) in [7, 11) is 0. The number of carbonyl (C=O) groups is 1. The maximum Gasteiger partial charge on any atom is 0.256 e. The van der Waals surface area contributed by atoms with E-state index >= 15 is 0 Å². The van der Waals surface area contributed by atoms with Crippen molar-refractivity contribution in [1.29, 1.82) is 0 Å². The summed E-state index contributed by atoms with van der Waals surface area (Å²) >= 11 is 1.26. The highest BCUT2D eigenvalue weighted by Crippen LogP contribution is 2.28. The number of nitrogens with one attached hydrogen (secondary N) is 1. The van der Waals surface area contributed by atoms with E-state index in [0.717, 1.165) is 12.0 Å². The number of thioether (sulfide) groups is 1. The third-order valence-electron chi connectivity index (χ3n) is 2.81. The van der Waals surface area contributed by atoms with Gasteiger partial charge in [-0.05, 0) is 37.6 Å². The topological polar surface area (TPSA) is 55.1 Å². The summed E-state index contributed by atoms with van der Waals surface area (Å²) in [6.07, 6.45) is 2.48. The Morgan fingerprint density at radius 3 is 2.81 bits per heavy atom. The van der Waals surface area contributed by atoms with Gasteiger partial charge in [-0.25, -0.2) is 9.37 Å². The van der Waals surface area contributed by atoms with Gasteiger partial charge in [-0.15, -0.1) is 0 Å². The molecule has 1 unspecified atom stereocenters. The van der Waals surface area contributed by atoms with Crippen molar-refractivity contribution in [2.45, 2.75) is 30.7 Å². The Bertz CT molecular complexity index is 598. The van der Waals surface area contributed by atoms with Crippen molar-refractivity contribution in [1.82, 2.24) is 10.3 Å². The molecule has 1 aromatic carbocycles. The Kier molecular flexibility index (Phi) is 5.38. The second-order valence-corrected chi connectivity index (χ2v) is 5.84. The van der Waals surface area contributed by atoms with E-state index in [1.165, 1.54) is 23.9 Å². The zero-order valence-electron chi connectivity index (χ0n) is 11.9. The summed E-state index contributed by atoms with van der Waals surface area (Å²) < 4.78 is 18.5. The van der Waals surface area contributed by atoms with E-state index in [1.54, 1.807) is 25.3 Å². The van der Waals surface area contributed by atoms with Crippen molar-refractivity contribution in [3.63, 3.8) is 0 Å². The number of benzene rings is 1. The Morgan fingerprint density at radius 2 is 2.14 bits per heavy atom. The summed E-state index contributed by atoms with van der Waals surface area (Å²) in [5.74, 6) is 0.219. The number of aromatic nitrogens is 1. The number of carbonyl (C=O) groups excluding carboxylic acids is 1. The molecule has 0 fully saturated rings. The molecule has 0 saturated heterocycles. The van der Waals surface area contributed by atoms with E-state index in [4.69, 9.17) is 4.42 Å². The highest BCUT2D eigenvalue weighted by atomic mass is 32.2. The van der Waals surface area contributed by atoms with Crippen LogP contribution in [0.2, 0.25) is 0 Å². The summed E-state index contributed by atoms with van der Waals surface area (Å²) in [4.78, 5) is 15.9. The lowest BCUT2D eigenvalue weighted by atomic mass is 10.2. The van der Waals surface area contributed by atoms with Crippen LogP contribution >= 0.6 is 11.8 Å². The van der Waals surface area contributed by atoms with Gasteiger partial charge in [0.1, 0.15) is 5.82 Å². The van der Waals surface area contributed by atoms with E-state index < -0.39 is 0 Å². The van der Waals surface area contributed by atoms with E-state index in [-0.39, 0.29) is 17.0 Å². The first-order valence-corrected chi connectivity index (χ1v) is 7.64. The minimum absolute atomic E-state index is 0.0385. The summed E-state index contributed by atoms with van der Waals surface area (Å²) in [5, 5.41) is 2.97. The quantitative estimate of drug-likeness (QED) is 0.830. The average Bonchev–Trinajstić information content (AvgIpc) is 2.93. The first-order valence-electron chi connectivity index (χ1n) is 6.76. The lowest BCUT2D eigenvalue weighted by molar-refractivity contribution is -0.120. The van der Waals surface area contributed by atoms with Gasteiger partial charge < -0.3 is 9.73 Å². The second-order valence-electron chi connectivity index (χ2n) is 4.55. The molecule has 0 spiro atoms. The van der Waals surface area contributed by atoms with Crippen LogP contribution in [0.3, 0.4) is 0 Å². The number of rotatable bonds is 6. The molecule has 0 aliphatic heterocycles. The minimum Gasteiger partial charge on any atom is -0.431 e. The van der Waals surface area contributed by atoms with Crippen molar-refractivity contribution < 1.29 is 13.6 Å². The molecule has 0 saturated carbocycles. The van der Waals surface area contributed by atoms with Crippen molar-refractivity contribution in [2.24, 2.45) is 0 Å². The van der Waals surface area contributed by atoms with Crippen LogP contribution < -0.4 is 5.32 Å². The van der Waals surface area contributed by atoms with Crippen LogP contribution in [0.5, 0.6) is 0 Å². The molecule has 112 valence electrons. The van der Waals surface area contributed by atoms with Gasteiger partial charge in [0, 0.05) is 12.1 Å². The summed E-state index contributed by atoms with van der Waals surface area (Å²) in [5.41, 5.74) is 0.749. The SMILES string of the molecule is CCCNC(=O)C(C)Sc1ncc(-c2ccc(F)cc2)o1. The first-order chi connectivity index (χ1) is 10.1. The standard InChI is InChI=1S/C15H17FN2O2S/c1-3-8-17-14(19)10(2)21-15-18-9-13(20-15)11-4-6-12(16)7-5-11/h4-7,9-10H,3,8H2,1-2H3,(H,17,19). The highest BCUT2D eigenvalue weighted by Gasteiger charge is 2.17. The molecule has 0 radical (unpaired) electrons. The Hall–Kier alpha value is -1.82. The van der Waals surface area contributed by atoms with Crippen LogP contribution in [0.4, 0.5) is 4.39 Å². The van der Waals surface area contributed by atoms with Gasteiger partial charge in [0.05, 0.1) is 11.4 Å². The van der Waals surface area contributed by atoms with Gasteiger partial charge in [0.15, 0.2) is 5.76 Å². The molecule has 0 aliphatic rings. The molecule has 1 aromatic heterocycles. The number of hydrogen-bond donors (Lipinski definition) is 1. The third-order valence-corrected chi connectivity index (χ3v) is 3.77. The molecule has 1 atom stereocenters. The summed E-state index contributed by atoms with van der Waals surface area (Å²) in [6.45, 7) is 4.47. The van der Waals surface area contributed by atoms with E-state index in [0.29, 0.717) is 17.5 Å². The van der Waals surface area contributed by atoms with Crippen molar-refractivity contribution in [3.8, 4) is 11.3 Å². The van der Waals surface area contributed by atoms with Gasteiger partial charge in [0.2, 0.25) is 5.91 Å². The molecule has 6 heteroatoms. The number of halogens is 1. The lowest BCUT2D eigenvalue weighted by Gasteiger charge is -2.08. The van der Waals surface area contributed by atoms with Crippen LogP contribution in [0.25, 0.3) is 11.3 Å². The van der Waals surface area contributed by atoms with Crippen LogP contribution in [0, 0.1) is 5.82 Å². The number of oxazole rings is 1. The van der Waals surface area contributed by atoms with E-state index in [9.17, 15) is 9.18 Å². The van der Waals surface area contributed by atoms with E-state index in [2.05, 4.69) is 10.3 Å². The molecule has 0 bridgehead atoms. The third kappa shape index (κ3) is 4.32. The van der Waals surface area contributed by atoms with Crippen molar-refractivity contribution in [3.05, 3.63) is 36.3 Å². The van der Waals surface area contributed by atoms with E-state index in [1.807, 2.05) is 6.92 Å². The fraction of sp³-hybridized carbons (Fsp3) is 0.333. The first kappa shape index (κ1) is 15.6. The maximum absolute atomic E-state index is 12.9. The van der Waals surface area contributed by atoms with Gasteiger partial charge in [-0.3, -0.25) is 4.79 Å². The van der Waals surface area contributed by atoms with Gasteiger partial charge in [-0.2, -0.15) is 0 Å². The monoisotopic (exact) mass is 308 g/mol. The lowest BCUT2D eigenvalue weighted by Crippen LogP contribution is -2.31. The zero-order chi connectivity index (χ0) is 15.2. The molecular weight excluding hydrogens is 291 g/mol. The van der Waals surface area contributed by atoms with Crippen LogP contribution in [0.15, 0.2) is 40.1 Å². The molecule has 21 heavy (non-hydrogen) atoms. The number of amides is 1. The average molecular weight is 308 g/mol. The maximum atomic E-state index is 12.9. The molecule has 1 heterocycles. The van der Waals surface area contributed by atoms with Gasteiger partial charge >= 0.3 is 0 Å². The molecule has 2 aromatic rings. The Labute approximate surface area is 127 Å². The van der Waals surface area contributed by atoms with Gasteiger partial charge in [-0.1, -0.05) is 18.7 Å². The van der Waals surface area contributed by atoms with Crippen LogP contribution in [-0.4, -0.2) is 22.7 Å².